The van der Waals surface area contributed by atoms with E-state index in [-0.39, 0.29) is 36.4 Å². The van der Waals surface area contributed by atoms with Crippen molar-refractivity contribution in [2.75, 3.05) is 31.1 Å². The molecule has 3 saturated heterocycles. The smallest absolute Gasteiger partial charge is 0.245 e. The molecule has 7 heteroatoms. The van der Waals surface area contributed by atoms with Crippen molar-refractivity contribution < 1.29 is 18.8 Å². The van der Waals surface area contributed by atoms with Crippen LogP contribution in [-0.2, 0) is 14.4 Å². The Bertz CT molecular complexity index is 778. The first-order valence-corrected chi connectivity index (χ1v) is 10.2. The third-order valence-electron chi connectivity index (χ3n) is 6.11. The highest BCUT2D eigenvalue weighted by Gasteiger charge is 2.42. The molecular weight excluding hydrogens is 361 g/mol. The number of halogens is 1. The van der Waals surface area contributed by atoms with Gasteiger partial charge in [0.1, 0.15) is 11.9 Å². The lowest BCUT2D eigenvalue weighted by Gasteiger charge is -2.38. The molecule has 3 heterocycles. The van der Waals surface area contributed by atoms with Crippen molar-refractivity contribution in [1.29, 1.82) is 0 Å². The summed E-state index contributed by atoms with van der Waals surface area (Å²) in [7, 11) is 0. The van der Waals surface area contributed by atoms with Crippen molar-refractivity contribution in [2.24, 2.45) is 5.92 Å². The average molecular weight is 387 g/mol. The van der Waals surface area contributed by atoms with Gasteiger partial charge >= 0.3 is 0 Å². The number of hydrogen-bond donors (Lipinski definition) is 0. The number of benzene rings is 1. The van der Waals surface area contributed by atoms with E-state index in [4.69, 9.17) is 0 Å². The Labute approximate surface area is 164 Å². The van der Waals surface area contributed by atoms with Crippen LogP contribution in [0.5, 0.6) is 0 Å². The van der Waals surface area contributed by atoms with E-state index in [1.165, 1.54) is 11.0 Å². The Kier molecular flexibility index (Phi) is 5.33. The van der Waals surface area contributed by atoms with Crippen molar-refractivity contribution in [3.8, 4) is 0 Å². The zero-order chi connectivity index (χ0) is 19.7. The normalized spacial score (nSPS) is 25.5. The van der Waals surface area contributed by atoms with Gasteiger partial charge in [-0.25, -0.2) is 4.39 Å². The Hall–Kier alpha value is -2.44. The largest absolute Gasteiger partial charge is 0.341 e. The first-order chi connectivity index (χ1) is 13.6. The van der Waals surface area contributed by atoms with Crippen molar-refractivity contribution in [2.45, 2.75) is 44.6 Å². The number of carbonyl (C=O) groups excluding carboxylic acids is 3. The van der Waals surface area contributed by atoms with Crippen molar-refractivity contribution in [1.82, 2.24) is 9.80 Å². The predicted octanol–water partition coefficient (Wildman–Crippen LogP) is 2.18. The van der Waals surface area contributed by atoms with Crippen LogP contribution in [0, 0.1) is 11.7 Å². The summed E-state index contributed by atoms with van der Waals surface area (Å²) in [5, 5.41) is 0. The molecule has 2 unspecified atom stereocenters. The molecule has 3 aliphatic rings. The maximum atomic E-state index is 14.1. The highest BCUT2D eigenvalue weighted by Crippen LogP contribution is 2.30. The summed E-state index contributed by atoms with van der Waals surface area (Å²) in [5.74, 6) is -1.35. The minimum absolute atomic E-state index is 0.0424. The zero-order valence-corrected chi connectivity index (χ0v) is 16.0. The van der Waals surface area contributed by atoms with E-state index in [9.17, 15) is 18.8 Å². The van der Waals surface area contributed by atoms with Crippen LogP contribution in [0.1, 0.15) is 38.5 Å². The molecule has 150 valence electrons. The molecule has 0 bridgehead atoms. The second kappa shape index (κ2) is 7.89. The monoisotopic (exact) mass is 387 g/mol. The van der Waals surface area contributed by atoms with Crippen LogP contribution in [0.2, 0.25) is 0 Å². The lowest BCUT2D eigenvalue weighted by Crippen LogP contribution is -2.54. The van der Waals surface area contributed by atoms with Crippen LogP contribution in [0.25, 0.3) is 0 Å². The molecule has 3 fully saturated rings. The Morgan fingerprint density at radius 2 is 1.68 bits per heavy atom. The maximum absolute atomic E-state index is 14.1. The van der Waals surface area contributed by atoms with Gasteiger partial charge in [0.05, 0.1) is 11.6 Å². The lowest BCUT2D eigenvalue weighted by molar-refractivity contribution is -0.149. The molecule has 3 aliphatic heterocycles. The summed E-state index contributed by atoms with van der Waals surface area (Å²) >= 11 is 0. The molecule has 1 aromatic rings. The first kappa shape index (κ1) is 18.9. The standard InChI is InChI=1S/C21H26FN3O3/c22-16-7-1-2-8-17(16)25-14-15(13-19(25)26)20(27)24-12-4-3-9-18(24)21(28)23-10-5-6-11-23/h1-2,7-8,15,18H,3-6,9-14H2. The fraction of sp³-hybridized carbons (Fsp3) is 0.571. The van der Waals surface area contributed by atoms with Gasteiger partial charge in [-0.05, 0) is 44.2 Å². The quantitative estimate of drug-likeness (QED) is 0.799. The summed E-state index contributed by atoms with van der Waals surface area (Å²) < 4.78 is 14.1. The number of piperidine rings is 1. The molecule has 2 atom stereocenters. The van der Waals surface area contributed by atoms with E-state index in [1.807, 2.05) is 4.90 Å². The lowest BCUT2D eigenvalue weighted by atomic mass is 9.97. The molecule has 6 nitrogen and oxygen atoms in total. The van der Waals surface area contributed by atoms with E-state index in [1.54, 1.807) is 23.1 Å². The number of anilines is 1. The number of likely N-dealkylation sites (tertiary alicyclic amines) is 2. The summed E-state index contributed by atoms with van der Waals surface area (Å²) in [6, 6.07) is 5.70. The van der Waals surface area contributed by atoms with Crippen LogP contribution < -0.4 is 4.90 Å². The van der Waals surface area contributed by atoms with Crippen LogP contribution >= 0.6 is 0 Å². The Morgan fingerprint density at radius 3 is 2.43 bits per heavy atom. The van der Waals surface area contributed by atoms with Gasteiger partial charge in [-0.2, -0.15) is 0 Å². The fourth-order valence-electron chi connectivity index (χ4n) is 4.61. The number of nitrogens with zero attached hydrogens (tertiary/aromatic N) is 3. The SMILES string of the molecule is O=C(C1CCCCN1C(=O)C1CC(=O)N(c2ccccc2F)C1)N1CCCC1. The summed E-state index contributed by atoms with van der Waals surface area (Å²) in [5.41, 5.74) is 0.214. The minimum Gasteiger partial charge on any atom is -0.341 e. The highest BCUT2D eigenvalue weighted by molar-refractivity contribution is 6.01. The van der Waals surface area contributed by atoms with E-state index < -0.39 is 17.8 Å². The number of rotatable bonds is 3. The molecule has 4 rings (SSSR count). The number of para-hydroxylation sites is 1. The van der Waals surface area contributed by atoms with Gasteiger partial charge in [0.2, 0.25) is 17.7 Å². The average Bonchev–Trinajstić information content (AvgIpc) is 3.37. The molecule has 28 heavy (non-hydrogen) atoms. The fourth-order valence-corrected chi connectivity index (χ4v) is 4.61. The molecule has 0 saturated carbocycles. The predicted molar refractivity (Wildman–Crippen MR) is 102 cm³/mol. The Morgan fingerprint density at radius 1 is 0.964 bits per heavy atom. The molecule has 0 aromatic heterocycles. The molecule has 0 aliphatic carbocycles. The van der Waals surface area contributed by atoms with E-state index in [0.717, 1.165) is 38.8 Å². The third kappa shape index (κ3) is 3.50. The summed E-state index contributed by atoms with van der Waals surface area (Å²) in [4.78, 5) is 43.5. The van der Waals surface area contributed by atoms with Gasteiger partial charge in [-0.1, -0.05) is 12.1 Å². The number of hydrogen-bond acceptors (Lipinski definition) is 3. The van der Waals surface area contributed by atoms with Crippen LogP contribution in [-0.4, -0.2) is 59.7 Å². The molecule has 3 amide bonds. The zero-order valence-electron chi connectivity index (χ0n) is 16.0. The molecule has 0 N–H and O–H groups in total. The first-order valence-electron chi connectivity index (χ1n) is 10.2. The van der Waals surface area contributed by atoms with Gasteiger partial charge in [0, 0.05) is 32.6 Å². The minimum atomic E-state index is -0.529. The highest BCUT2D eigenvalue weighted by atomic mass is 19.1. The van der Waals surface area contributed by atoms with Crippen molar-refractivity contribution >= 4 is 23.4 Å². The maximum Gasteiger partial charge on any atom is 0.245 e. The summed E-state index contributed by atoms with van der Waals surface area (Å²) in [6.45, 7) is 2.24. The molecule has 0 radical (unpaired) electrons. The van der Waals surface area contributed by atoms with E-state index in [0.29, 0.717) is 13.0 Å². The van der Waals surface area contributed by atoms with Crippen LogP contribution in [0.3, 0.4) is 0 Å². The van der Waals surface area contributed by atoms with Crippen LogP contribution in [0.4, 0.5) is 10.1 Å². The Balaban J connectivity index is 1.49. The number of carbonyl (C=O) groups is 3. The van der Waals surface area contributed by atoms with E-state index in [2.05, 4.69) is 0 Å². The van der Waals surface area contributed by atoms with Crippen molar-refractivity contribution in [3.05, 3.63) is 30.1 Å². The second-order valence-corrected chi connectivity index (χ2v) is 7.93. The summed E-state index contributed by atoms with van der Waals surface area (Å²) in [6.07, 6.45) is 4.57. The van der Waals surface area contributed by atoms with Gasteiger partial charge in [-0.15, -0.1) is 0 Å². The van der Waals surface area contributed by atoms with Gasteiger partial charge < -0.3 is 14.7 Å². The van der Waals surface area contributed by atoms with Gasteiger partial charge in [-0.3, -0.25) is 14.4 Å². The van der Waals surface area contributed by atoms with Gasteiger partial charge in [0.15, 0.2) is 0 Å². The molecule has 1 aromatic carbocycles. The van der Waals surface area contributed by atoms with E-state index >= 15 is 0 Å². The topological polar surface area (TPSA) is 60.9 Å². The second-order valence-electron chi connectivity index (χ2n) is 7.93. The molecule has 0 spiro atoms. The van der Waals surface area contributed by atoms with Gasteiger partial charge in [0.25, 0.3) is 0 Å². The third-order valence-corrected chi connectivity index (χ3v) is 6.11. The van der Waals surface area contributed by atoms with Crippen LogP contribution in [0.15, 0.2) is 24.3 Å². The number of amides is 3. The molecular formula is C21H26FN3O3. The van der Waals surface area contributed by atoms with Crippen molar-refractivity contribution in [3.63, 3.8) is 0 Å².